The summed E-state index contributed by atoms with van der Waals surface area (Å²) in [5.74, 6) is 2.23. The maximum atomic E-state index is 13.3. The topological polar surface area (TPSA) is 82.9 Å². The van der Waals surface area contributed by atoms with E-state index in [2.05, 4.69) is 30.6 Å². The highest BCUT2D eigenvalue weighted by molar-refractivity contribution is 14.0. The average molecular weight is 533 g/mol. The summed E-state index contributed by atoms with van der Waals surface area (Å²) in [6.45, 7) is 3.27. The first-order chi connectivity index (χ1) is 14.6. The van der Waals surface area contributed by atoms with Gasteiger partial charge in [0.15, 0.2) is 5.96 Å². The molecule has 0 amide bonds. The van der Waals surface area contributed by atoms with E-state index in [0.29, 0.717) is 13.1 Å². The number of aryl methyl sites for hydroxylation is 1. The standard InChI is InChI=1S/C22H24FN7.HI/c1-15-25-9-10-30(15)21-6-3-16(12-28-21)13-29-22(24-2)26-8-7-17-14-27-20-11-18(23)4-5-19(17)20;/h3-6,9-12,14,27H,7-8,13H2,1-2H3,(H2,24,26,29);1H. The fourth-order valence-corrected chi connectivity index (χ4v) is 3.37. The SMILES string of the molecule is CN=C(NCCc1c[nH]c2cc(F)ccc12)NCc1ccc(-n2ccnc2C)nc1.I. The van der Waals surface area contributed by atoms with Gasteiger partial charge in [-0.15, -0.1) is 24.0 Å². The lowest BCUT2D eigenvalue weighted by molar-refractivity contribution is 0.629. The zero-order valence-electron chi connectivity index (χ0n) is 17.4. The molecule has 9 heteroatoms. The van der Waals surface area contributed by atoms with E-state index in [1.807, 2.05) is 48.3 Å². The highest BCUT2D eigenvalue weighted by Gasteiger charge is 2.06. The number of hydrogen-bond donors (Lipinski definition) is 3. The fourth-order valence-electron chi connectivity index (χ4n) is 3.37. The van der Waals surface area contributed by atoms with Gasteiger partial charge in [-0.1, -0.05) is 6.07 Å². The summed E-state index contributed by atoms with van der Waals surface area (Å²) < 4.78 is 15.3. The van der Waals surface area contributed by atoms with Crippen LogP contribution in [0.25, 0.3) is 16.7 Å². The molecule has 0 unspecified atom stereocenters. The Balaban J connectivity index is 0.00000272. The zero-order valence-corrected chi connectivity index (χ0v) is 19.7. The lowest BCUT2D eigenvalue weighted by atomic mass is 10.1. The van der Waals surface area contributed by atoms with Gasteiger partial charge < -0.3 is 15.6 Å². The highest BCUT2D eigenvalue weighted by Crippen LogP contribution is 2.19. The van der Waals surface area contributed by atoms with Gasteiger partial charge in [0, 0.05) is 55.8 Å². The monoisotopic (exact) mass is 533 g/mol. The predicted octanol–water partition coefficient (Wildman–Crippen LogP) is 3.72. The Kier molecular flexibility index (Phi) is 7.61. The van der Waals surface area contributed by atoms with Crippen molar-refractivity contribution >= 4 is 40.8 Å². The quantitative estimate of drug-likeness (QED) is 0.201. The molecule has 0 atom stereocenters. The first-order valence-electron chi connectivity index (χ1n) is 9.79. The van der Waals surface area contributed by atoms with Crippen LogP contribution in [0.5, 0.6) is 0 Å². The Labute approximate surface area is 197 Å². The number of aromatic amines is 1. The molecule has 162 valence electrons. The summed E-state index contributed by atoms with van der Waals surface area (Å²) in [6, 6.07) is 8.82. The van der Waals surface area contributed by atoms with Crippen LogP contribution in [0, 0.1) is 12.7 Å². The Bertz CT molecular complexity index is 1160. The maximum absolute atomic E-state index is 13.3. The van der Waals surface area contributed by atoms with E-state index in [1.54, 1.807) is 13.2 Å². The van der Waals surface area contributed by atoms with Gasteiger partial charge in [-0.05, 0) is 48.7 Å². The van der Waals surface area contributed by atoms with Gasteiger partial charge in [-0.3, -0.25) is 9.56 Å². The molecule has 0 spiro atoms. The smallest absolute Gasteiger partial charge is 0.191 e. The van der Waals surface area contributed by atoms with E-state index in [0.717, 1.165) is 46.1 Å². The van der Waals surface area contributed by atoms with Crippen molar-refractivity contribution < 1.29 is 4.39 Å². The number of aromatic nitrogens is 4. The molecule has 0 aliphatic carbocycles. The van der Waals surface area contributed by atoms with Crippen LogP contribution in [-0.2, 0) is 13.0 Å². The molecule has 0 saturated heterocycles. The number of halogens is 2. The Morgan fingerprint density at radius 2 is 2.06 bits per heavy atom. The number of rotatable bonds is 6. The Morgan fingerprint density at radius 1 is 1.19 bits per heavy atom. The summed E-state index contributed by atoms with van der Waals surface area (Å²) in [7, 11) is 1.74. The lowest BCUT2D eigenvalue weighted by Crippen LogP contribution is -2.37. The number of benzene rings is 1. The fraction of sp³-hybridized carbons (Fsp3) is 0.227. The summed E-state index contributed by atoms with van der Waals surface area (Å²) in [5, 5.41) is 7.65. The second-order valence-corrected chi connectivity index (χ2v) is 6.98. The van der Waals surface area contributed by atoms with E-state index in [1.165, 1.54) is 12.1 Å². The third-order valence-corrected chi connectivity index (χ3v) is 4.98. The van der Waals surface area contributed by atoms with Crippen LogP contribution >= 0.6 is 24.0 Å². The van der Waals surface area contributed by atoms with E-state index in [9.17, 15) is 4.39 Å². The molecule has 0 bridgehead atoms. The Morgan fingerprint density at radius 3 is 2.77 bits per heavy atom. The molecule has 0 aliphatic rings. The van der Waals surface area contributed by atoms with Gasteiger partial charge in [-0.2, -0.15) is 0 Å². The summed E-state index contributed by atoms with van der Waals surface area (Å²) >= 11 is 0. The van der Waals surface area contributed by atoms with Crippen molar-refractivity contribution in [2.24, 2.45) is 4.99 Å². The predicted molar refractivity (Wildman–Crippen MR) is 132 cm³/mol. The van der Waals surface area contributed by atoms with E-state index >= 15 is 0 Å². The number of aliphatic imine (C=N–C) groups is 1. The molecule has 7 nitrogen and oxygen atoms in total. The number of nitrogens with one attached hydrogen (secondary N) is 3. The molecule has 31 heavy (non-hydrogen) atoms. The molecular formula is C22H25FIN7. The highest BCUT2D eigenvalue weighted by atomic mass is 127. The van der Waals surface area contributed by atoms with Crippen molar-refractivity contribution in [3.8, 4) is 5.82 Å². The third kappa shape index (κ3) is 5.40. The maximum Gasteiger partial charge on any atom is 0.191 e. The van der Waals surface area contributed by atoms with E-state index in [4.69, 9.17) is 0 Å². The molecule has 0 fully saturated rings. The van der Waals surface area contributed by atoms with Gasteiger partial charge in [0.25, 0.3) is 0 Å². The molecule has 4 rings (SSSR count). The van der Waals surface area contributed by atoms with Crippen LogP contribution in [0.2, 0.25) is 0 Å². The first-order valence-corrected chi connectivity index (χ1v) is 9.79. The van der Waals surface area contributed by atoms with Crippen molar-refractivity contribution in [2.45, 2.75) is 19.9 Å². The lowest BCUT2D eigenvalue weighted by Gasteiger charge is -2.12. The first kappa shape index (κ1) is 22.7. The summed E-state index contributed by atoms with van der Waals surface area (Å²) in [5.41, 5.74) is 3.01. The number of guanidine groups is 1. The minimum Gasteiger partial charge on any atom is -0.361 e. The van der Waals surface area contributed by atoms with Crippen LogP contribution in [0.15, 0.2) is 60.1 Å². The number of fused-ring (bicyclic) bond motifs is 1. The van der Waals surface area contributed by atoms with Crippen LogP contribution in [0.3, 0.4) is 0 Å². The number of pyridine rings is 1. The molecule has 3 heterocycles. The second-order valence-electron chi connectivity index (χ2n) is 6.98. The van der Waals surface area contributed by atoms with E-state index in [-0.39, 0.29) is 29.8 Å². The van der Waals surface area contributed by atoms with Crippen LogP contribution in [0.1, 0.15) is 17.0 Å². The summed E-state index contributed by atoms with van der Waals surface area (Å²) in [4.78, 5) is 16.1. The van der Waals surface area contributed by atoms with Gasteiger partial charge in [-0.25, -0.2) is 14.4 Å². The van der Waals surface area contributed by atoms with Crippen molar-refractivity contribution in [1.29, 1.82) is 0 Å². The van der Waals surface area contributed by atoms with Crippen LogP contribution < -0.4 is 10.6 Å². The zero-order chi connectivity index (χ0) is 20.9. The third-order valence-electron chi connectivity index (χ3n) is 4.98. The molecule has 0 saturated carbocycles. The van der Waals surface area contributed by atoms with Crippen molar-refractivity contribution in [2.75, 3.05) is 13.6 Å². The van der Waals surface area contributed by atoms with Crippen LogP contribution in [-0.4, -0.2) is 39.1 Å². The Hall–Kier alpha value is -2.95. The normalized spacial score (nSPS) is 11.4. The van der Waals surface area contributed by atoms with Crippen molar-refractivity contribution in [3.63, 3.8) is 0 Å². The molecular weight excluding hydrogens is 508 g/mol. The van der Waals surface area contributed by atoms with Gasteiger partial charge in [0.1, 0.15) is 17.5 Å². The van der Waals surface area contributed by atoms with Crippen molar-refractivity contribution in [3.05, 3.63) is 77.9 Å². The largest absolute Gasteiger partial charge is 0.361 e. The minimum atomic E-state index is -0.235. The number of hydrogen-bond acceptors (Lipinski definition) is 3. The van der Waals surface area contributed by atoms with E-state index < -0.39 is 0 Å². The molecule has 3 N–H and O–H groups in total. The van der Waals surface area contributed by atoms with Gasteiger partial charge in [0.2, 0.25) is 0 Å². The number of H-pyrrole nitrogens is 1. The molecule has 4 aromatic rings. The van der Waals surface area contributed by atoms with Crippen molar-refractivity contribution in [1.82, 2.24) is 30.2 Å². The second kappa shape index (κ2) is 10.4. The molecule has 3 aromatic heterocycles. The van der Waals surface area contributed by atoms with Crippen LogP contribution in [0.4, 0.5) is 4.39 Å². The van der Waals surface area contributed by atoms with Gasteiger partial charge in [0.05, 0.1) is 0 Å². The molecule has 0 aliphatic heterocycles. The average Bonchev–Trinajstić information content (AvgIpc) is 3.36. The van der Waals surface area contributed by atoms with Gasteiger partial charge >= 0.3 is 0 Å². The minimum absolute atomic E-state index is 0. The number of nitrogens with zero attached hydrogens (tertiary/aromatic N) is 4. The molecule has 1 aromatic carbocycles. The number of imidazole rings is 1. The molecule has 0 radical (unpaired) electrons. The summed E-state index contributed by atoms with van der Waals surface area (Å²) in [6.07, 6.45) is 8.23.